The van der Waals surface area contributed by atoms with Crippen molar-refractivity contribution in [2.75, 3.05) is 11.5 Å². The second-order valence-corrected chi connectivity index (χ2v) is 6.45. The van der Waals surface area contributed by atoms with Crippen molar-refractivity contribution < 1.29 is 9.90 Å². The van der Waals surface area contributed by atoms with Gasteiger partial charge in [0.1, 0.15) is 6.04 Å². The molecule has 17 heavy (non-hydrogen) atoms. The Hall–Kier alpha value is -0.650. The summed E-state index contributed by atoms with van der Waals surface area (Å²) in [5.74, 6) is 0.531. The van der Waals surface area contributed by atoms with Gasteiger partial charge in [0.15, 0.2) is 0 Å². The van der Waals surface area contributed by atoms with Crippen LogP contribution in [-0.4, -0.2) is 33.9 Å². The normalized spacial score (nSPS) is 19.9. The fourth-order valence-corrected chi connectivity index (χ4v) is 4.30. The van der Waals surface area contributed by atoms with Crippen LogP contribution in [0.15, 0.2) is 29.2 Å². The van der Waals surface area contributed by atoms with E-state index in [1.165, 1.54) is 10.5 Å². The largest absolute Gasteiger partial charge is 0.480 e. The monoisotopic (exact) mass is 269 g/mol. The van der Waals surface area contributed by atoms with Gasteiger partial charge in [-0.2, -0.15) is 11.8 Å². The van der Waals surface area contributed by atoms with Gasteiger partial charge in [-0.3, -0.25) is 4.79 Å². The first-order chi connectivity index (χ1) is 8.16. The first kappa shape index (κ1) is 12.8. The summed E-state index contributed by atoms with van der Waals surface area (Å²) in [4.78, 5) is 11.9. The Kier molecular flexibility index (Phi) is 4.36. The van der Waals surface area contributed by atoms with Gasteiger partial charge >= 0.3 is 5.97 Å². The summed E-state index contributed by atoms with van der Waals surface area (Å²) < 4.78 is 0. The number of rotatable bonds is 5. The van der Waals surface area contributed by atoms with Gasteiger partial charge in [0.2, 0.25) is 0 Å². The average molecular weight is 269 g/mol. The topological polar surface area (TPSA) is 63.3 Å². The van der Waals surface area contributed by atoms with E-state index in [4.69, 9.17) is 10.8 Å². The van der Waals surface area contributed by atoms with Gasteiger partial charge in [-0.05, 0) is 18.1 Å². The highest BCUT2D eigenvalue weighted by Crippen LogP contribution is 2.38. The highest BCUT2D eigenvalue weighted by molar-refractivity contribution is 8.03. The fraction of sp³-hybridized carbons (Fsp3) is 0.417. The lowest BCUT2D eigenvalue weighted by Crippen LogP contribution is -2.32. The molecule has 92 valence electrons. The van der Waals surface area contributed by atoms with Crippen LogP contribution in [-0.2, 0) is 11.2 Å². The van der Waals surface area contributed by atoms with Crippen LogP contribution in [0.2, 0.25) is 0 Å². The molecule has 1 aromatic carbocycles. The van der Waals surface area contributed by atoms with E-state index < -0.39 is 12.0 Å². The van der Waals surface area contributed by atoms with Crippen molar-refractivity contribution in [3.05, 3.63) is 29.8 Å². The lowest BCUT2D eigenvalue weighted by molar-refractivity contribution is -0.137. The Labute approximate surface area is 109 Å². The summed E-state index contributed by atoms with van der Waals surface area (Å²) in [5.41, 5.74) is 6.87. The van der Waals surface area contributed by atoms with Crippen LogP contribution in [0, 0.1) is 0 Å². The van der Waals surface area contributed by atoms with Gasteiger partial charge in [0, 0.05) is 21.7 Å². The van der Waals surface area contributed by atoms with Crippen LogP contribution in [0.5, 0.6) is 0 Å². The van der Waals surface area contributed by atoms with Crippen LogP contribution in [0.3, 0.4) is 0 Å². The third-order valence-electron chi connectivity index (χ3n) is 2.63. The molecule has 0 saturated heterocycles. The van der Waals surface area contributed by atoms with E-state index in [2.05, 4.69) is 24.3 Å². The van der Waals surface area contributed by atoms with Gasteiger partial charge in [0.25, 0.3) is 0 Å². The number of aliphatic carboxylic acids is 1. The predicted molar refractivity (Wildman–Crippen MR) is 72.7 cm³/mol. The molecule has 1 aliphatic rings. The van der Waals surface area contributed by atoms with Gasteiger partial charge < -0.3 is 10.8 Å². The molecule has 1 heterocycles. The smallest absolute Gasteiger partial charge is 0.321 e. The van der Waals surface area contributed by atoms with E-state index in [0.29, 0.717) is 11.0 Å². The first-order valence-corrected chi connectivity index (χ1v) is 7.51. The van der Waals surface area contributed by atoms with Crippen LogP contribution < -0.4 is 5.73 Å². The van der Waals surface area contributed by atoms with Crippen LogP contribution in [0.25, 0.3) is 0 Å². The van der Waals surface area contributed by atoms with E-state index in [0.717, 1.165) is 12.2 Å². The van der Waals surface area contributed by atoms with Crippen LogP contribution in [0.1, 0.15) is 5.56 Å². The number of nitrogens with two attached hydrogens (primary N) is 1. The van der Waals surface area contributed by atoms with E-state index in [1.54, 1.807) is 11.8 Å². The summed E-state index contributed by atoms with van der Waals surface area (Å²) in [6.07, 6.45) is 1.08. The quantitative estimate of drug-likeness (QED) is 0.854. The molecule has 0 spiro atoms. The maximum atomic E-state index is 10.6. The van der Waals surface area contributed by atoms with E-state index in [9.17, 15) is 4.79 Å². The van der Waals surface area contributed by atoms with E-state index >= 15 is 0 Å². The fourth-order valence-electron chi connectivity index (χ4n) is 1.74. The van der Waals surface area contributed by atoms with Crippen molar-refractivity contribution in [3.8, 4) is 0 Å². The van der Waals surface area contributed by atoms with Gasteiger partial charge in [-0.15, -0.1) is 11.8 Å². The summed E-state index contributed by atoms with van der Waals surface area (Å²) in [5, 5.41) is 9.23. The van der Waals surface area contributed by atoms with Crippen molar-refractivity contribution in [1.29, 1.82) is 0 Å². The zero-order valence-electron chi connectivity index (χ0n) is 9.33. The molecule has 2 rings (SSSR count). The molecule has 5 heteroatoms. The van der Waals surface area contributed by atoms with Gasteiger partial charge in [-0.25, -0.2) is 0 Å². The number of thioether (sulfide) groups is 2. The lowest BCUT2D eigenvalue weighted by Gasteiger charge is -2.09. The van der Waals surface area contributed by atoms with Crippen molar-refractivity contribution in [3.63, 3.8) is 0 Å². The number of benzene rings is 1. The van der Waals surface area contributed by atoms with E-state index in [1.807, 2.05) is 11.8 Å². The van der Waals surface area contributed by atoms with Gasteiger partial charge in [-0.1, -0.05) is 18.2 Å². The maximum absolute atomic E-state index is 10.6. The highest BCUT2D eigenvalue weighted by atomic mass is 32.2. The first-order valence-electron chi connectivity index (χ1n) is 5.47. The predicted octanol–water partition coefficient (Wildman–Crippen LogP) is 1.85. The number of carbonyl (C=O) groups is 1. The Bertz CT molecular complexity index is 386. The van der Waals surface area contributed by atoms with Crippen molar-refractivity contribution in [2.24, 2.45) is 5.73 Å². The molecule has 3 N–H and O–H groups in total. The maximum Gasteiger partial charge on any atom is 0.321 e. The third kappa shape index (κ3) is 3.40. The number of hydrogen-bond donors (Lipinski definition) is 2. The van der Waals surface area contributed by atoms with E-state index in [-0.39, 0.29) is 0 Å². The number of carboxylic acids is 1. The van der Waals surface area contributed by atoms with Crippen molar-refractivity contribution in [1.82, 2.24) is 0 Å². The second kappa shape index (κ2) is 5.80. The number of fused-ring (bicyclic) bond motifs is 1. The summed E-state index contributed by atoms with van der Waals surface area (Å²) >= 11 is 3.52. The minimum atomic E-state index is -0.917. The number of hydrogen-bond acceptors (Lipinski definition) is 4. The Morgan fingerprint density at radius 3 is 3.06 bits per heavy atom. The SMILES string of the molecule is N[C@@H](CSCC1Cc2ccccc2S1)C(=O)O. The molecule has 0 saturated carbocycles. The van der Waals surface area contributed by atoms with Crippen LogP contribution in [0.4, 0.5) is 0 Å². The molecule has 3 nitrogen and oxygen atoms in total. The minimum Gasteiger partial charge on any atom is -0.480 e. The molecule has 0 radical (unpaired) electrons. The average Bonchev–Trinajstić information content (AvgIpc) is 2.71. The highest BCUT2D eigenvalue weighted by Gasteiger charge is 2.22. The second-order valence-electron chi connectivity index (χ2n) is 4.03. The van der Waals surface area contributed by atoms with Crippen LogP contribution >= 0.6 is 23.5 Å². The number of carboxylic acid groups (broad SMARTS) is 1. The molecule has 0 amide bonds. The standard InChI is InChI=1S/C12H15NO2S2/c13-10(12(14)15)7-16-6-9-5-8-3-1-2-4-11(8)17-9/h1-4,9-10H,5-7,13H2,(H,14,15)/t9?,10-/m0/s1. The molecule has 0 fully saturated rings. The van der Waals surface area contributed by atoms with Crippen molar-refractivity contribution in [2.45, 2.75) is 22.6 Å². The Morgan fingerprint density at radius 2 is 2.35 bits per heavy atom. The molecular weight excluding hydrogens is 254 g/mol. The molecule has 2 atom stereocenters. The third-order valence-corrected chi connectivity index (χ3v) is 5.39. The summed E-state index contributed by atoms with van der Waals surface area (Å²) in [6.45, 7) is 0. The molecule has 0 aromatic heterocycles. The Balaban J connectivity index is 1.75. The zero-order valence-corrected chi connectivity index (χ0v) is 11.0. The summed E-state index contributed by atoms with van der Waals surface area (Å²) in [7, 11) is 0. The minimum absolute atomic E-state index is 0.489. The molecule has 1 aromatic rings. The van der Waals surface area contributed by atoms with Crippen molar-refractivity contribution >= 4 is 29.5 Å². The van der Waals surface area contributed by atoms with Gasteiger partial charge in [0.05, 0.1) is 0 Å². The summed E-state index contributed by atoms with van der Waals surface area (Å²) in [6, 6.07) is 7.69. The Morgan fingerprint density at radius 1 is 1.59 bits per heavy atom. The lowest BCUT2D eigenvalue weighted by atomic mass is 10.1. The molecule has 1 aliphatic heterocycles. The molecule has 0 bridgehead atoms. The zero-order chi connectivity index (χ0) is 12.3. The molecule has 1 unspecified atom stereocenters. The molecule has 0 aliphatic carbocycles. The molecular formula is C12H15NO2S2.